The van der Waals surface area contributed by atoms with Crippen LogP contribution in [-0.2, 0) is 4.74 Å². The van der Waals surface area contributed by atoms with Crippen molar-refractivity contribution in [1.29, 1.82) is 0 Å². The molecular formula is C12H10N2O2S. The quantitative estimate of drug-likeness (QED) is 0.781. The smallest absolute Gasteiger partial charge is 0.349 e. The molecule has 0 fully saturated rings. The van der Waals surface area contributed by atoms with E-state index in [-0.39, 0.29) is 5.97 Å². The number of aromatic nitrogens is 2. The molecule has 0 N–H and O–H groups in total. The molecule has 0 spiro atoms. The Morgan fingerprint density at radius 1 is 1.41 bits per heavy atom. The van der Waals surface area contributed by atoms with Gasteiger partial charge in [0, 0.05) is 12.4 Å². The van der Waals surface area contributed by atoms with Gasteiger partial charge in [0.2, 0.25) is 0 Å². The van der Waals surface area contributed by atoms with Gasteiger partial charge in [-0.2, -0.15) is 0 Å². The van der Waals surface area contributed by atoms with Gasteiger partial charge in [-0.1, -0.05) is 12.1 Å². The van der Waals surface area contributed by atoms with Crippen LogP contribution in [0.2, 0.25) is 0 Å². The number of nitrogens with zero attached hydrogens (tertiary/aromatic N) is 2. The predicted molar refractivity (Wildman–Crippen MR) is 66.6 cm³/mol. The van der Waals surface area contributed by atoms with Crippen LogP contribution < -0.4 is 0 Å². The molecule has 2 aromatic rings. The lowest BCUT2D eigenvalue weighted by molar-refractivity contribution is 0.0606. The highest BCUT2D eigenvalue weighted by atomic mass is 32.1. The molecule has 86 valence electrons. The van der Waals surface area contributed by atoms with Crippen LogP contribution in [-0.4, -0.2) is 23.0 Å². The van der Waals surface area contributed by atoms with Crippen molar-refractivity contribution in [3.63, 3.8) is 0 Å². The van der Waals surface area contributed by atoms with Crippen LogP contribution in [0.1, 0.15) is 20.2 Å². The highest BCUT2D eigenvalue weighted by molar-refractivity contribution is 7.14. The molecule has 2 heterocycles. The number of rotatable bonds is 3. The van der Waals surface area contributed by atoms with Crippen LogP contribution >= 0.6 is 11.3 Å². The monoisotopic (exact) mass is 246 g/mol. The van der Waals surface area contributed by atoms with Gasteiger partial charge in [-0.3, -0.25) is 4.98 Å². The first-order valence-corrected chi connectivity index (χ1v) is 5.73. The Kier molecular flexibility index (Phi) is 3.62. The predicted octanol–water partition coefficient (Wildman–Crippen LogP) is 2.50. The number of pyridine rings is 1. The summed E-state index contributed by atoms with van der Waals surface area (Å²) in [7, 11) is 1.35. The lowest BCUT2D eigenvalue weighted by atomic mass is 10.3. The zero-order valence-corrected chi connectivity index (χ0v) is 9.98. The molecule has 4 nitrogen and oxygen atoms in total. The fourth-order valence-corrected chi connectivity index (χ4v) is 1.94. The maximum Gasteiger partial charge on any atom is 0.349 e. The number of carbonyl (C=O) groups excluding carboxylic acids is 1. The van der Waals surface area contributed by atoms with Gasteiger partial charge >= 0.3 is 5.97 Å². The van der Waals surface area contributed by atoms with Crippen LogP contribution in [0.5, 0.6) is 0 Å². The summed E-state index contributed by atoms with van der Waals surface area (Å²) in [6.07, 6.45) is 8.72. The lowest BCUT2D eigenvalue weighted by Gasteiger charge is -1.90. The number of carbonyl (C=O) groups is 1. The first-order valence-electron chi connectivity index (χ1n) is 4.92. The molecule has 0 aliphatic carbocycles. The van der Waals surface area contributed by atoms with Gasteiger partial charge in [-0.05, 0) is 17.7 Å². The molecule has 0 aliphatic heterocycles. The molecular weight excluding hydrogens is 236 g/mol. The van der Waals surface area contributed by atoms with Crippen molar-refractivity contribution in [2.24, 2.45) is 0 Å². The second kappa shape index (κ2) is 5.36. The summed E-state index contributed by atoms with van der Waals surface area (Å²) >= 11 is 1.29. The summed E-state index contributed by atoms with van der Waals surface area (Å²) in [5, 5.41) is 0.759. The van der Waals surface area contributed by atoms with E-state index in [0.29, 0.717) is 4.88 Å². The van der Waals surface area contributed by atoms with Gasteiger partial charge in [0.1, 0.15) is 9.88 Å². The highest BCUT2D eigenvalue weighted by Gasteiger charge is 2.08. The minimum absolute atomic E-state index is 0.358. The molecule has 2 rings (SSSR count). The van der Waals surface area contributed by atoms with E-state index >= 15 is 0 Å². The molecule has 0 amide bonds. The van der Waals surface area contributed by atoms with Gasteiger partial charge in [-0.15, -0.1) is 11.3 Å². The average Bonchev–Trinajstić information content (AvgIpc) is 2.85. The SMILES string of the molecule is COC(=O)c1cnc(C=Cc2cccnc2)s1. The molecule has 5 heteroatoms. The second-order valence-corrected chi connectivity index (χ2v) is 4.24. The van der Waals surface area contributed by atoms with E-state index in [1.54, 1.807) is 12.4 Å². The molecule has 0 bridgehead atoms. The maximum atomic E-state index is 11.2. The first-order chi connectivity index (χ1) is 8.29. The Morgan fingerprint density at radius 3 is 3.00 bits per heavy atom. The van der Waals surface area contributed by atoms with E-state index < -0.39 is 0 Å². The number of hydrogen-bond acceptors (Lipinski definition) is 5. The number of hydrogen-bond donors (Lipinski definition) is 0. The summed E-state index contributed by atoms with van der Waals surface area (Å²) in [5.74, 6) is -0.358. The van der Waals surface area contributed by atoms with Crippen molar-refractivity contribution in [1.82, 2.24) is 9.97 Å². The van der Waals surface area contributed by atoms with Crippen LogP contribution in [0.4, 0.5) is 0 Å². The number of ether oxygens (including phenoxy) is 1. The normalized spacial score (nSPS) is 10.6. The van der Waals surface area contributed by atoms with Crippen molar-refractivity contribution >= 4 is 29.5 Å². The van der Waals surface area contributed by atoms with Gasteiger partial charge < -0.3 is 4.74 Å². The van der Waals surface area contributed by atoms with Crippen molar-refractivity contribution in [3.8, 4) is 0 Å². The fourth-order valence-electron chi connectivity index (χ4n) is 1.20. The summed E-state index contributed by atoms with van der Waals surface area (Å²) in [6, 6.07) is 3.81. The van der Waals surface area contributed by atoms with Gasteiger partial charge in [0.15, 0.2) is 0 Å². The molecule has 0 aromatic carbocycles. The van der Waals surface area contributed by atoms with E-state index in [0.717, 1.165) is 10.6 Å². The van der Waals surface area contributed by atoms with Crippen LogP contribution in [0, 0.1) is 0 Å². The number of thiazole rings is 1. The Labute approximate surface area is 103 Å². The minimum atomic E-state index is -0.358. The summed E-state index contributed by atoms with van der Waals surface area (Å²) in [6.45, 7) is 0. The molecule has 2 aromatic heterocycles. The Bertz CT molecular complexity index is 534. The number of methoxy groups -OCH3 is 1. The third kappa shape index (κ3) is 2.98. The van der Waals surface area contributed by atoms with E-state index in [4.69, 9.17) is 0 Å². The second-order valence-electron chi connectivity index (χ2n) is 3.17. The first kappa shape index (κ1) is 11.5. The van der Waals surface area contributed by atoms with E-state index in [2.05, 4.69) is 14.7 Å². The minimum Gasteiger partial charge on any atom is -0.465 e. The van der Waals surface area contributed by atoms with Crippen molar-refractivity contribution in [2.45, 2.75) is 0 Å². The van der Waals surface area contributed by atoms with Crippen molar-refractivity contribution in [3.05, 3.63) is 46.2 Å². The lowest BCUT2D eigenvalue weighted by Crippen LogP contribution is -1.96. The van der Waals surface area contributed by atoms with Crippen molar-refractivity contribution < 1.29 is 9.53 Å². The zero-order chi connectivity index (χ0) is 12.1. The van der Waals surface area contributed by atoms with Crippen LogP contribution in [0.3, 0.4) is 0 Å². The number of esters is 1. The third-order valence-corrected chi connectivity index (χ3v) is 2.96. The molecule has 0 saturated heterocycles. The van der Waals surface area contributed by atoms with E-state index in [1.165, 1.54) is 24.6 Å². The summed E-state index contributed by atoms with van der Waals surface area (Å²) in [4.78, 5) is 19.8. The van der Waals surface area contributed by atoms with E-state index in [1.807, 2.05) is 24.3 Å². The standard InChI is InChI=1S/C12H10N2O2S/c1-16-12(15)10-8-14-11(17-10)5-4-9-3-2-6-13-7-9/h2-8H,1H3. The van der Waals surface area contributed by atoms with Crippen LogP contribution in [0.15, 0.2) is 30.7 Å². The summed E-state index contributed by atoms with van der Waals surface area (Å²) in [5.41, 5.74) is 0.988. The van der Waals surface area contributed by atoms with Gasteiger partial charge in [-0.25, -0.2) is 9.78 Å². The van der Waals surface area contributed by atoms with Crippen LogP contribution in [0.25, 0.3) is 12.2 Å². The molecule has 0 saturated carbocycles. The third-order valence-electron chi connectivity index (χ3n) is 2.01. The molecule has 0 radical (unpaired) electrons. The Morgan fingerprint density at radius 2 is 2.29 bits per heavy atom. The molecule has 17 heavy (non-hydrogen) atoms. The fraction of sp³-hybridized carbons (Fsp3) is 0.0833. The van der Waals surface area contributed by atoms with Crippen molar-refractivity contribution in [2.75, 3.05) is 7.11 Å². The Hall–Kier alpha value is -2.01. The highest BCUT2D eigenvalue weighted by Crippen LogP contribution is 2.16. The zero-order valence-electron chi connectivity index (χ0n) is 9.16. The molecule has 0 atom stereocenters. The largest absolute Gasteiger partial charge is 0.465 e. The van der Waals surface area contributed by atoms with E-state index in [9.17, 15) is 4.79 Å². The van der Waals surface area contributed by atoms with Gasteiger partial charge in [0.05, 0.1) is 13.3 Å². The topological polar surface area (TPSA) is 52.1 Å². The molecule has 0 aliphatic rings. The maximum absolute atomic E-state index is 11.2. The molecule has 0 unspecified atom stereocenters. The summed E-state index contributed by atoms with van der Waals surface area (Å²) < 4.78 is 4.61. The Balaban J connectivity index is 2.12. The van der Waals surface area contributed by atoms with Gasteiger partial charge in [0.25, 0.3) is 0 Å². The average molecular weight is 246 g/mol.